The van der Waals surface area contributed by atoms with Crippen molar-refractivity contribution < 1.29 is 22.7 Å². The van der Waals surface area contributed by atoms with Gasteiger partial charge in [0.2, 0.25) is 0 Å². The molecular formula is C19H13ClF3N3O2. The van der Waals surface area contributed by atoms with E-state index in [2.05, 4.69) is 21.4 Å². The zero-order valence-corrected chi connectivity index (χ0v) is 15.1. The van der Waals surface area contributed by atoms with Crippen molar-refractivity contribution in [2.45, 2.75) is 25.5 Å². The maximum absolute atomic E-state index is 14.8. The highest BCUT2D eigenvalue weighted by atomic mass is 35.5. The van der Waals surface area contributed by atoms with E-state index in [0.29, 0.717) is 24.2 Å². The molecule has 0 saturated carbocycles. The van der Waals surface area contributed by atoms with Crippen LogP contribution >= 0.6 is 11.6 Å². The standard InChI is InChI=1S/C19H13ClF3N3O2/c1-24-18(27)9-3-2-4-13(28-19(22)23)15(9)12-7-8-14-25-11-6-5-10(20)16(21)17(11)26(12)14/h2-6,12,19H,1,7-8H2/t12-/m1/s1. The number of rotatable bonds is 4. The fourth-order valence-electron chi connectivity index (χ4n) is 3.71. The maximum atomic E-state index is 14.8. The minimum Gasteiger partial charge on any atom is -0.434 e. The number of ether oxygens (including phenoxy) is 1. The lowest BCUT2D eigenvalue weighted by atomic mass is 9.96. The van der Waals surface area contributed by atoms with Crippen LogP contribution in [0, 0.1) is 5.82 Å². The number of hydrogen-bond donors (Lipinski definition) is 0. The fraction of sp³-hybridized carbons (Fsp3) is 0.211. The quantitative estimate of drug-likeness (QED) is 0.583. The molecule has 0 fully saturated rings. The lowest BCUT2D eigenvalue weighted by Gasteiger charge is -2.21. The van der Waals surface area contributed by atoms with Gasteiger partial charge < -0.3 is 9.30 Å². The van der Waals surface area contributed by atoms with Crippen LogP contribution in [0.15, 0.2) is 35.3 Å². The zero-order valence-electron chi connectivity index (χ0n) is 14.3. The van der Waals surface area contributed by atoms with Gasteiger partial charge in [-0.15, -0.1) is 0 Å². The van der Waals surface area contributed by atoms with Crippen molar-refractivity contribution in [1.29, 1.82) is 0 Å². The molecule has 0 unspecified atom stereocenters. The highest BCUT2D eigenvalue weighted by molar-refractivity contribution is 6.31. The summed E-state index contributed by atoms with van der Waals surface area (Å²) < 4.78 is 46.9. The van der Waals surface area contributed by atoms with Gasteiger partial charge in [-0.05, 0) is 37.4 Å². The second-order valence-corrected chi connectivity index (χ2v) is 6.65. The van der Waals surface area contributed by atoms with Gasteiger partial charge in [0.05, 0.1) is 22.1 Å². The third-order valence-electron chi connectivity index (χ3n) is 4.76. The molecule has 0 bridgehead atoms. The van der Waals surface area contributed by atoms with Crippen molar-refractivity contribution in [2.75, 3.05) is 0 Å². The number of amides is 1. The Morgan fingerprint density at radius 3 is 2.86 bits per heavy atom. The number of nitrogens with zero attached hydrogens (tertiary/aromatic N) is 3. The van der Waals surface area contributed by atoms with Gasteiger partial charge in [0.25, 0.3) is 5.91 Å². The molecule has 0 radical (unpaired) electrons. The first-order valence-electron chi connectivity index (χ1n) is 8.36. The average Bonchev–Trinajstić information content (AvgIpc) is 3.23. The summed E-state index contributed by atoms with van der Waals surface area (Å²) in [6.07, 6.45) is 0.889. The number of aliphatic imine (C=N–C) groups is 1. The lowest BCUT2D eigenvalue weighted by molar-refractivity contribution is -0.0507. The second-order valence-electron chi connectivity index (χ2n) is 6.24. The van der Waals surface area contributed by atoms with E-state index >= 15 is 0 Å². The predicted molar refractivity (Wildman–Crippen MR) is 98.1 cm³/mol. The van der Waals surface area contributed by atoms with Gasteiger partial charge in [-0.2, -0.15) is 8.78 Å². The number of alkyl halides is 2. The van der Waals surface area contributed by atoms with Crippen molar-refractivity contribution in [3.05, 3.63) is 58.1 Å². The Bertz CT molecular complexity index is 1110. The molecule has 1 aliphatic rings. The van der Waals surface area contributed by atoms with E-state index in [9.17, 15) is 18.0 Å². The Kier molecular flexibility index (Phi) is 4.58. The van der Waals surface area contributed by atoms with Crippen LogP contribution in [0.4, 0.5) is 13.2 Å². The molecule has 144 valence electrons. The molecule has 1 atom stereocenters. The number of imidazole rings is 1. The van der Waals surface area contributed by atoms with Crippen LogP contribution in [-0.4, -0.2) is 28.8 Å². The van der Waals surface area contributed by atoms with Crippen molar-refractivity contribution in [1.82, 2.24) is 9.55 Å². The van der Waals surface area contributed by atoms with Gasteiger partial charge >= 0.3 is 6.61 Å². The van der Waals surface area contributed by atoms with Gasteiger partial charge in [0.1, 0.15) is 17.1 Å². The van der Waals surface area contributed by atoms with Gasteiger partial charge in [-0.3, -0.25) is 4.79 Å². The molecule has 2 heterocycles. The summed E-state index contributed by atoms with van der Waals surface area (Å²) in [5.74, 6) is -0.956. The molecule has 9 heteroatoms. The number of aryl methyl sites for hydroxylation is 1. The first kappa shape index (κ1) is 18.5. The molecule has 2 aromatic carbocycles. The largest absolute Gasteiger partial charge is 0.434 e. The number of carbonyl (C=O) groups excluding carboxylic acids is 1. The summed E-state index contributed by atoms with van der Waals surface area (Å²) in [6, 6.07) is 6.54. The highest BCUT2D eigenvalue weighted by Crippen LogP contribution is 2.42. The zero-order chi connectivity index (χ0) is 20.0. The maximum Gasteiger partial charge on any atom is 0.387 e. The minimum atomic E-state index is -3.09. The summed E-state index contributed by atoms with van der Waals surface area (Å²) in [7, 11) is 0. The van der Waals surface area contributed by atoms with E-state index in [1.54, 1.807) is 10.6 Å². The van der Waals surface area contributed by atoms with E-state index in [4.69, 9.17) is 11.6 Å². The third kappa shape index (κ3) is 2.84. The van der Waals surface area contributed by atoms with Crippen molar-refractivity contribution in [2.24, 2.45) is 4.99 Å². The SMILES string of the molecule is C=NC(=O)c1cccc(OC(F)F)c1[C@H]1CCc2nc3ccc(Cl)c(F)c3n21. The molecule has 28 heavy (non-hydrogen) atoms. The molecule has 1 aromatic heterocycles. The summed E-state index contributed by atoms with van der Waals surface area (Å²) in [6.45, 7) is 0.130. The first-order valence-corrected chi connectivity index (χ1v) is 8.73. The summed E-state index contributed by atoms with van der Waals surface area (Å²) in [5.41, 5.74) is 0.804. The van der Waals surface area contributed by atoms with Gasteiger partial charge in [-0.25, -0.2) is 14.4 Å². The summed E-state index contributed by atoms with van der Waals surface area (Å²) >= 11 is 5.93. The van der Waals surface area contributed by atoms with E-state index in [1.165, 1.54) is 24.3 Å². The van der Waals surface area contributed by atoms with Crippen LogP contribution in [-0.2, 0) is 6.42 Å². The topological polar surface area (TPSA) is 56.5 Å². The highest BCUT2D eigenvalue weighted by Gasteiger charge is 2.34. The van der Waals surface area contributed by atoms with Gasteiger partial charge in [0.15, 0.2) is 5.82 Å². The van der Waals surface area contributed by atoms with Crippen molar-refractivity contribution >= 4 is 35.3 Å². The van der Waals surface area contributed by atoms with E-state index < -0.39 is 24.4 Å². The number of hydrogen-bond acceptors (Lipinski definition) is 3. The van der Waals surface area contributed by atoms with E-state index in [-0.39, 0.29) is 27.4 Å². The van der Waals surface area contributed by atoms with Crippen LogP contribution in [0.2, 0.25) is 5.02 Å². The Morgan fingerprint density at radius 1 is 1.36 bits per heavy atom. The van der Waals surface area contributed by atoms with E-state index in [1.807, 2.05) is 0 Å². The third-order valence-corrected chi connectivity index (χ3v) is 5.05. The Morgan fingerprint density at radius 2 is 2.14 bits per heavy atom. The molecule has 5 nitrogen and oxygen atoms in total. The van der Waals surface area contributed by atoms with Crippen LogP contribution in [0.3, 0.4) is 0 Å². The minimum absolute atomic E-state index is 0.0651. The Hall–Kier alpha value is -2.87. The molecule has 3 aromatic rings. The molecule has 0 saturated heterocycles. The monoisotopic (exact) mass is 407 g/mol. The van der Waals surface area contributed by atoms with Gasteiger partial charge in [-0.1, -0.05) is 17.7 Å². The molecule has 0 spiro atoms. The molecular weight excluding hydrogens is 395 g/mol. The van der Waals surface area contributed by atoms with Crippen molar-refractivity contribution in [3.8, 4) is 5.75 Å². The predicted octanol–water partition coefficient (Wildman–Crippen LogP) is 4.81. The van der Waals surface area contributed by atoms with Crippen molar-refractivity contribution in [3.63, 3.8) is 0 Å². The van der Waals surface area contributed by atoms with Crippen LogP contribution in [0.25, 0.3) is 11.0 Å². The number of carbonyl (C=O) groups is 1. The van der Waals surface area contributed by atoms with Crippen LogP contribution in [0.5, 0.6) is 5.75 Å². The van der Waals surface area contributed by atoms with Gasteiger partial charge in [0, 0.05) is 12.0 Å². The number of aromatic nitrogens is 2. The smallest absolute Gasteiger partial charge is 0.387 e. The number of benzene rings is 2. The average molecular weight is 408 g/mol. The number of fused-ring (bicyclic) bond motifs is 3. The fourth-order valence-corrected chi connectivity index (χ4v) is 3.86. The molecule has 0 N–H and O–H groups in total. The van der Waals surface area contributed by atoms with Crippen LogP contribution < -0.4 is 4.74 Å². The Balaban J connectivity index is 1.98. The molecule has 0 aliphatic carbocycles. The normalized spacial score (nSPS) is 15.8. The first-order chi connectivity index (χ1) is 13.4. The molecule has 1 amide bonds. The molecule has 1 aliphatic heterocycles. The Labute approximate surface area is 162 Å². The van der Waals surface area contributed by atoms with E-state index in [0.717, 1.165) is 0 Å². The second kappa shape index (κ2) is 6.94. The summed E-state index contributed by atoms with van der Waals surface area (Å²) in [4.78, 5) is 20.1. The lowest BCUT2D eigenvalue weighted by Crippen LogP contribution is -2.15. The van der Waals surface area contributed by atoms with Crippen LogP contribution in [0.1, 0.15) is 34.2 Å². The number of halogens is 4. The summed E-state index contributed by atoms with van der Waals surface area (Å²) in [5, 5.41) is -0.0815. The molecule has 4 rings (SSSR count).